The van der Waals surface area contributed by atoms with Crippen LogP contribution < -0.4 is 5.32 Å². The smallest absolute Gasteiger partial charge is 0.0947 e. The number of hydrogen-bond acceptors (Lipinski definition) is 2. The molecule has 0 spiro atoms. The number of furan rings is 1. The van der Waals surface area contributed by atoms with Gasteiger partial charge in [0.2, 0.25) is 0 Å². The summed E-state index contributed by atoms with van der Waals surface area (Å²) < 4.78 is 5.07. The Labute approximate surface area is 103 Å². The first-order valence-electron chi connectivity index (χ1n) is 6.19. The number of hydrogen-bond donors (Lipinski definition) is 1. The maximum Gasteiger partial charge on any atom is 0.0947 e. The summed E-state index contributed by atoms with van der Waals surface area (Å²) in [4.78, 5) is 0. The normalized spacial score (nSPS) is 12.5. The Morgan fingerprint density at radius 3 is 2.65 bits per heavy atom. The van der Waals surface area contributed by atoms with Crippen molar-refractivity contribution in [3.63, 3.8) is 0 Å². The summed E-state index contributed by atoms with van der Waals surface area (Å²) in [6.07, 6.45) is 5.84. The van der Waals surface area contributed by atoms with E-state index in [-0.39, 0.29) is 0 Å². The van der Waals surface area contributed by atoms with Crippen LogP contribution in [0, 0.1) is 0 Å². The molecule has 0 radical (unpaired) electrons. The zero-order valence-electron chi connectivity index (χ0n) is 10.2. The van der Waals surface area contributed by atoms with Crippen molar-refractivity contribution < 1.29 is 4.42 Å². The molecule has 0 amide bonds. The molecule has 1 atom stereocenters. The van der Waals surface area contributed by atoms with E-state index in [2.05, 4.69) is 42.6 Å². The first kappa shape index (κ1) is 11.9. The molecule has 1 heterocycles. The van der Waals surface area contributed by atoms with Gasteiger partial charge in [-0.15, -0.1) is 0 Å². The maximum absolute atomic E-state index is 5.07. The standard InChI is InChI=1S/C15H19NO/c1-2-6-15(14-7-4-3-5-8-14)16-11-13-9-10-17-12-13/h3-5,7-10,12,15-16H,2,6,11H2,1H3. The summed E-state index contributed by atoms with van der Waals surface area (Å²) in [6, 6.07) is 13.0. The van der Waals surface area contributed by atoms with E-state index >= 15 is 0 Å². The SMILES string of the molecule is CCCC(NCc1ccoc1)c1ccccc1. The van der Waals surface area contributed by atoms with Crippen LogP contribution >= 0.6 is 0 Å². The lowest BCUT2D eigenvalue weighted by atomic mass is 10.0. The molecule has 2 rings (SSSR count). The molecule has 0 aliphatic heterocycles. The Morgan fingerprint density at radius 1 is 1.18 bits per heavy atom. The fourth-order valence-corrected chi connectivity index (χ4v) is 1.99. The minimum Gasteiger partial charge on any atom is -0.472 e. The molecular weight excluding hydrogens is 210 g/mol. The average molecular weight is 229 g/mol. The number of benzene rings is 1. The second-order valence-corrected chi connectivity index (χ2v) is 4.26. The van der Waals surface area contributed by atoms with E-state index in [1.165, 1.54) is 17.5 Å². The lowest BCUT2D eigenvalue weighted by molar-refractivity contribution is 0.489. The third-order valence-electron chi connectivity index (χ3n) is 2.91. The van der Waals surface area contributed by atoms with Gasteiger partial charge in [-0.2, -0.15) is 0 Å². The summed E-state index contributed by atoms with van der Waals surface area (Å²) >= 11 is 0. The second kappa shape index (κ2) is 6.26. The van der Waals surface area contributed by atoms with Crippen molar-refractivity contribution in [1.29, 1.82) is 0 Å². The largest absolute Gasteiger partial charge is 0.472 e. The highest BCUT2D eigenvalue weighted by molar-refractivity contribution is 5.19. The summed E-state index contributed by atoms with van der Waals surface area (Å²) in [5, 5.41) is 3.58. The van der Waals surface area contributed by atoms with Gasteiger partial charge in [-0.25, -0.2) is 0 Å². The number of rotatable bonds is 6. The third kappa shape index (κ3) is 3.46. The molecule has 0 bridgehead atoms. The van der Waals surface area contributed by atoms with Crippen molar-refractivity contribution in [2.75, 3.05) is 0 Å². The summed E-state index contributed by atoms with van der Waals surface area (Å²) in [5.74, 6) is 0. The van der Waals surface area contributed by atoms with E-state index in [0.29, 0.717) is 6.04 Å². The molecule has 1 N–H and O–H groups in total. The first-order valence-corrected chi connectivity index (χ1v) is 6.19. The van der Waals surface area contributed by atoms with E-state index in [4.69, 9.17) is 4.42 Å². The fraction of sp³-hybridized carbons (Fsp3) is 0.333. The molecule has 0 aliphatic carbocycles. The van der Waals surface area contributed by atoms with Crippen LogP contribution in [0.4, 0.5) is 0 Å². The van der Waals surface area contributed by atoms with Crippen molar-refractivity contribution >= 4 is 0 Å². The molecular formula is C15H19NO. The zero-order chi connectivity index (χ0) is 11.9. The molecule has 0 saturated carbocycles. The molecule has 0 fully saturated rings. The van der Waals surface area contributed by atoms with Crippen molar-refractivity contribution in [2.45, 2.75) is 32.4 Å². The van der Waals surface area contributed by atoms with Crippen LogP contribution in [0.3, 0.4) is 0 Å². The van der Waals surface area contributed by atoms with Crippen LogP contribution in [-0.4, -0.2) is 0 Å². The lowest BCUT2D eigenvalue weighted by Crippen LogP contribution is -2.20. The Bertz CT molecular complexity index is 408. The van der Waals surface area contributed by atoms with E-state index in [1.807, 2.05) is 6.07 Å². The zero-order valence-corrected chi connectivity index (χ0v) is 10.2. The predicted octanol–water partition coefficient (Wildman–Crippen LogP) is 3.91. The molecule has 2 nitrogen and oxygen atoms in total. The van der Waals surface area contributed by atoms with Gasteiger partial charge >= 0.3 is 0 Å². The van der Waals surface area contributed by atoms with Gasteiger partial charge < -0.3 is 9.73 Å². The molecule has 2 heteroatoms. The maximum atomic E-state index is 5.07. The summed E-state index contributed by atoms with van der Waals surface area (Å²) in [5.41, 5.74) is 2.56. The van der Waals surface area contributed by atoms with Crippen molar-refractivity contribution in [3.8, 4) is 0 Å². The third-order valence-corrected chi connectivity index (χ3v) is 2.91. The molecule has 1 aromatic heterocycles. The second-order valence-electron chi connectivity index (χ2n) is 4.26. The van der Waals surface area contributed by atoms with Gasteiger partial charge in [0, 0.05) is 18.2 Å². The Balaban J connectivity index is 1.98. The van der Waals surface area contributed by atoms with E-state index in [1.54, 1.807) is 12.5 Å². The summed E-state index contributed by atoms with van der Waals surface area (Å²) in [7, 11) is 0. The van der Waals surface area contributed by atoms with Crippen LogP contribution in [0.1, 0.15) is 36.9 Å². The highest BCUT2D eigenvalue weighted by Gasteiger charge is 2.09. The van der Waals surface area contributed by atoms with Crippen LogP contribution in [0.15, 0.2) is 53.3 Å². The van der Waals surface area contributed by atoms with E-state index in [9.17, 15) is 0 Å². The molecule has 90 valence electrons. The van der Waals surface area contributed by atoms with Gasteiger partial charge in [0.05, 0.1) is 12.5 Å². The minimum atomic E-state index is 0.427. The number of nitrogens with one attached hydrogen (secondary N) is 1. The van der Waals surface area contributed by atoms with Gasteiger partial charge in [-0.1, -0.05) is 43.7 Å². The van der Waals surface area contributed by atoms with E-state index in [0.717, 1.165) is 13.0 Å². The van der Waals surface area contributed by atoms with Gasteiger partial charge in [-0.3, -0.25) is 0 Å². The summed E-state index contributed by atoms with van der Waals surface area (Å²) in [6.45, 7) is 3.07. The first-order chi connectivity index (χ1) is 8.40. The highest BCUT2D eigenvalue weighted by Crippen LogP contribution is 2.18. The van der Waals surface area contributed by atoms with E-state index < -0.39 is 0 Å². The van der Waals surface area contributed by atoms with Gasteiger partial charge in [-0.05, 0) is 18.1 Å². The molecule has 0 aliphatic rings. The molecule has 2 aromatic rings. The van der Waals surface area contributed by atoms with Crippen LogP contribution in [-0.2, 0) is 6.54 Å². The lowest BCUT2D eigenvalue weighted by Gasteiger charge is -2.18. The Hall–Kier alpha value is -1.54. The topological polar surface area (TPSA) is 25.2 Å². The Kier molecular flexibility index (Phi) is 4.39. The van der Waals surface area contributed by atoms with Gasteiger partial charge in [0.1, 0.15) is 0 Å². The van der Waals surface area contributed by atoms with Crippen LogP contribution in [0.5, 0.6) is 0 Å². The Morgan fingerprint density at radius 2 is 2.00 bits per heavy atom. The van der Waals surface area contributed by atoms with Crippen molar-refractivity contribution in [1.82, 2.24) is 5.32 Å². The van der Waals surface area contributed by atoms with Crippen molar-refractivity contribution in [2.24, 2.45) is 0 Å². The quantitative estimate of drug-likeness (QED) is 0.812. The average Bonchev–Trinajstić information content (AvgIpc) is 2.88. The van der Waals surface area contributed by atoms with Crippen LogP contribution in [0.25, 0.3) is 0 Å². The monoisotopic (exact) mass is 229 g/mol. The van der Waals surface area contributed by atoms with Gasteiger partial charge in [0.25, 0.3) is 0 Å². The van der Waals surface area contributed by atoms with Gasteiger partial charge in [0.15, 0.2) is 0 Å². The van der Waals surface area contributed by atoms with Crippen molar-refractivity contribution in [3.05, 3.63) is 60.1 Å². The molecule has 0 saturated heterocycles. The predicted molar refractivity (Wildman–Crippen MR) is 69.6 cm³/mol. The fourth-order valence-electron chi connectivity index (χ4n) is 1.99. The molecule has 17 heavy (non-hydrogen) atoms. The van der Waals surface area contributed by atoms with Crippen LogP contribution in [0.2, 0.25) is 0 Å². The molecule has 1 unspecified atom stereocenters. The minimum absolute atomic E-state index is 0.427. The molecule has 1 aromatic carbocycles. The highest BCUT2D eigenvalue weighted by atomic mass is 16.3.